The van der Waals surface area contributed by atoms with E-state index in [4.69, 9.17) is 0 Å². The van der Waals surface area contributed by atoms with Crippen molar-refractivity contribution in [3.05, 3.63) is 28.2 Å². The molecule has 4 heteroatoms. The number of anilines is 1. The predicted molar refractivity (Wildman–Crippen MR) is 74.9 cm³/mol. The fourth-order valence-corrected chi connectivity index (χ4v) is 1.93. The van der Waals surface area contributed by atoms with Crippen LogP contribution >= 0.6 is 31.9 Å². The zero-order valence-corrected chi connectivity index (χ0v) is 12.8. The van der Waals surface area contributed by atoms with Crippen LogP contribution < -0.4 is 5.32 Å². The first-order valence-electron chi connectivity index (χ1n) is 5.00. The number of rotatable bonds is 2. The van der Waals surface area contributed by atoms with Crippen molar-refractivity contribution in [1.29, 1.82) is 0 Å². The second kappa shape index (κ2) is 5.32. The normalized spacial score (nSPS) is 11.3. The summed E-state index contributed by atoms with van der Waals surface area (Å²) in [4.78, 5) is 11.8. The molecule has 0 aromatic heterocycles. The van der Waals surface area contributed by atoms with Gasteiger partial charge < -0.3 is 5.32 Å². The zero-order chi connectivity index (χ0) is 12.3. The van der Waals surface area contributed by atoms with Crippen molar-refractivity contribution in [2.75, 3.05) is 5.32 Å². The van der Waals surface area contributed by atoms with Gasteiger partial charge in [0, 0.05) is 15.2 Å². The Morgan fingerprint density at radius 2 is 2.00 bits per heavy atom. The highest BCUT2D eigenvalue weighted by atomic mass is 79.9. The lowest BCUT2D eigenvalue weighted by atomic mass is 9.95. The molecule has 0 atom stereocenters. The van der Waals surface area contributed by atoms with Gasteiger partial charge in [-0.2, -0.15) is 0 Å². The minimum Gasteiger partial charge on any atom is -0.325 e. The third-order valence-corrected chi connectivity index (χ3v) is 3.42. The molecular weight excluding hydrogens is 334 g/mol. The van der Waals surface area contributed by atoms with Gasteiger partial charge in [0.15, 0.2) is 0 Å². The smallest absolute Gasteiger partial charge is 0.229 e. The Morgan fingerprint density at radius 3 is 2.44 bits per heavy atom. The van der Waals surface area contributed by atoms with Crippen LogP contribution in [0.5, 0.6) is 0 Å². The van der Waals surface area contributed by atoms with Crippen molar-refractivity contribution in [3.8, 4) is 0 Å². The van der Waals surface area contributed by atoms with Crippen molar-refractivity contribution in [1.82, 2.24) is 0 Å². The van der Waals surface area contributed by atoms with Crippen LogP contribution in [0.3, 0.4) is 0 Å². The third-order valence-electron chi connectivity index (χ3n) is 2.12. The number of hydrogen-bond acceptors (Lipinski definition) is 1. The van der Waals surface area contributed by atoms with Gasteiger partial charge in [-0.3, -0.25) is 4.79 Å². The lowest BCUT2D eigenvalue weighted by molar-refractivity contribution is -0.123. The summed E-state index contributed by atoms with van der Waals surface area (Å²) < 4.78 is 0.905. The number of amides is 1. The van der Waals surface area contributed by atoms with Gasteiger partial charge in [-0.25, -0.2) is 0 Å². The van der Waals surface area contributed by atoms with Gasteiger partial charge in [0.25, 0.3) is 0 Å². The van der Waals surface area contributed by atoms with Crippen LogP contribution in [0.2, 0.25) is 0 Å². The molecule has 2 nitrogen and oxygen atoms in total. The van der Waals surface area contributed by atoms with Crippen molar-refractivity contribution in [2.45, 2.75) is 26.1 Å². The highest BCUT2D eigenvalue weighted by Gasteiger charge is 2.21. The average Bonchev–Trinajstić information content (AvgIpc) is 2.19. The molecule has 0 saturated carbocycles. The van der Waals surface area contributed by atoms with Crippen LogP contribution in [0.15, 0.2) is 22.7 Å². The molecule has 1 aromatic rings. The number of halogens is 2. The van der Waals surface area contributed by atoms with Crippen LogP contribution in [-0.2, 0) is 10.1 Å². The van der Waals surface area contributed by atoms with E-state index in [0.717, 1.165) is 15.5 Å². The lowest BCUT2D eigenvalue weighted by Crippen LogP contribution is -2.27. The van der Waals surface area contributed by atoms with Gasteiger partial charge in [0.05, 0.1) is 5.69 Å². The molecule has 0 radical (unpaired) electrons. The van der Waals surface area contributed by atoms with Crippen molar-refractivity contribution in [3.63, 3.8) is 0 Å². The largest absolute Gasteiger partial charge is 0.325 e. The molecule has 1 rings (SSSR count). The lowest BCUT2D eigenvalue weighted by Gasteiger charge is -2.18. The minimum atomic E-state index is -0.381. The molecule has 0 aliphatic carbocycles. The summed E-state index contributed by atoms with van der Waals surface area (Å²) >= 11 is 6.84. The number of carbonyl (C=O) groups excluding carboxylic acids is 1. The highest BCUT2D eigenvalue weighted by molar-refractivity contribution is 9.10. The fourth-order valence-electron chi connectivity index (χ4n) is 1.05. The summed E-state index contributed by atoms with van der Waals surface area (Å²) in [5.41, 5.74) is 1.60. The first-order chi connectivity index (χ1) is 7.34. The predicted octanol–water partition coefficient (Wildman–Crippen LogP) is 4.33. The van der Waals surface area contributed by atoms with Crippen molar-refractivity contribution >= 4 is 43.5 Å². The molecule has 0 saturated heterocycles. The summed E-state index contributed by atoms with van der Waals surface area (Å²) in [6.07, 6.45) is 0. The molecule has 0 aliphatic rings. The molecule has 0 spiro atoms. The molecule has 0 heterocycles. The zero-order valence-electron chi connectivity index (χ0n) is 9.60. The summed E-state index contributed by atoms with van der Waals surface area (Å²) in [5.74, 6) is 0.0137. The number of alkyl halides is 1. The second-order valence-corrected chi connectivity index (χ2v) is 6.07. The Bertz CT molecular complexity index is 396. The Kier molecular flexibility index (Phi) is 4.56. The van der Waals surface area contributed by atoms with E-state index in [1.807, 2.05) is 39.0 Å². The van der Waals surface area contributed by atoms with Gasteiger partial charge in [0.1, 0.15) is 0 Å². The Hall–Kier alpha value is -0.350. The molecule has 16 heavy (non-hydrogen) atoms. The SMILES string of the molecule is CC(C)(C)C(=O)Nc1ccc(CBr)cc1Br. The quantitative estimate of drug-likeness (QED) is 0.792. The summed E-state index contributed by atoms with van der Waals surface area (Å²) in [7, 11) is 0. The highest BCUT2D eigenvalue weighted by Crippen LogP contribution is 2.26. The van der Waals surface area contributed by atoms with Crippen molar-refractivity contribution < 1.29 is 4.79 Å². The molecule has 1 N–H and O–H groups in total. The van der Waals surface area contributed by atoms with E-state index in [1.54, 1.807) is 0 Å². The van der Waals surface area contributed by atoms with Gasteiger partial charge >= 0.3 is 0 Å². The molecule has 0 unspecified atom stereocenters. The van der Waals surface area contributed by atoms with Gasteiger partial charge in [0.2, 0.25) is 5.91 Å². The maximum atomic E-state index is 11.8. The number of hydrogen-bond donors (Lipinski definition) is 1. The van der Waals surface area contributed by atoms with Gasteiger partial charge in [-0.1, -0.05) is 42.8 Å². The maximum Gasteiger partial charge on any atom is 0.229 e. The Balaban J connectivity index is 2.87. The first kappa shape index (κ1) is 13.7. The van der Waals surface area contributed by atoms with E-state index in [-0.39, 0.29) is 11.3 Å². The molecular formula is C12H15Br2NO. The standard InChI is InChI=1S/C12H15Br2NO/c1-12(2,3)11(16)15-10-5-4-8(7-13)6-9(10)14/h4-6H,7H2,1-3H3,(H,15,16). The van der Waals surface area contributed by atoms with E-state index in [2.05, 4.69) is 37.2 Å². The van der Waals surface area contributed by atoms with E-state index in [0.29, 0.717) is 0 Å². The maximum absolute atomic E-state index is 11.8. The topological polar surface area (TPSA) is 29.1 Å². The van der Waals surface area contributed by atoms with Gasteiger partial charge in [-0.05, 0) is 33.6 Å². The number of carbonyl (C=O) groups is 1. The second-order valence-electron chi connectivity index (χ2n) is 4.65. The third kappa shape index (κ3) is 3.59. The number of nitrogens with one attached hydrogen (secondary N) is 1. The van der Waals surface area contributed by atoms with Gasteiger partial charge in [-0.15, -0.1) is 0 Å². The van der Waals surface area contributed by atoms with Crippen LogP contribution in [0, 0.1) is 5.41 Å². The molecule has 0 aliphatic heterocycles. The first-order valence-corrected chi connectivity index (χ1v) is 6.92. The molecule has 0 fully saturated rings. The summed E-state index contributed by atoms with van der Waals surface area (Å²) in [6, 6.07) is 5.88. The van der Waals surface area contributed by atoms with E-state index < -0.39 is 0 Å². The monoisotopic (exact) mass is 347 g/mol. The molecule has 1 amide bonds. The van der Waals surface area contributed by atoms with Crippen molar-refractivity contribution in [2.24, 2.45) is 5.41 Å². The molecule has 88 valence electrons. The van der Waals surface area contributed by atoms with Crippen LogP contribution in [0.25, 0.3) is 0 Å². The Labute approximate surface area is 113 Å². The van der Waals surface area contributed by atoms with Crippen LogP contribution in [0.1, 0.15) is 26.3 Å². The van der Waals surface area contributed by atoms with E-state index in [1.165, 1.54) is 5.56 Å². The molecule has 1 aromatic carbocycles. The van der Waals surface area contributed by atoms with Crippen LogP contribution in [-0.4, -0.2) is 5.91 Å². The van der Waals surface area contributed by atoms with E-state index in [9.17, 15) is 4.79 Å². The van der Waals surface area contributed by atoms with Crippen LogP contribution in [0.4, 0.5) is 5.69 Å². The number of benzene rings is 1. The average molecular weight is 349 g/mol. The Morgan fingerprint density at radius 1 is 1.38 bits per heavy atom. The molecule has 0 bridgehead atoms. The van der Waals surface area contributed by atoms with E-state index >= 15 is 0 Å². The summed E-state index contributed by atoms with van der Waals surface area (Å²) in [5, 5.41) is 3.70. The summed E-state index contributed by atoms with van der Waals surface area (Å²) in [6.45, 7) is 5.68. The fraction of sp³-hybridized carbons (Fsp3) is 0.417. The minimum absolute atomic E-state index is 0.0137.